The Balaban J connectivity index is 1.51. The van der Waals surface area contributed by atoms with Crippen LogP contribution in [0.4, 0.5) is 0 Å². The summed E-state index contributed by atoms with van der Waals surface area (Å²) in [5, 5.41) is 0. The Morgan fingerprint density at radius 1 is 1.18 bits per heavy atom. The number of ether oxygens (including phenoxy) is 1. The Morgan fingerprint density at radius 2 is 1.96 bits per heavy atom. The van der Waals surface area contributed by atoms with Crippen molar-refractivity contribution in [3.05, 3.63) is 11.6 Å². The molecule has 3 saturated carbocycles. The number of carbonyl (C=O) groups excluding carboxylic acids is 1. The summed E-state index contributed by atoms with van der Waals surface area (Å²) in [5.41, 5.74) is 2.79. The topological polar surface area (TPSA) is 26.3 Å². The third-order valence-corrected chi connectivity index (χ3v) is 10.1. The molecule has 0 spiro atoms. The van der Waals surface area contributed by atoms with Gasteiger partial charge in [0.15, 0.2) is 0 Å². The molecule has 28 heavy (non-hydrogen) atoms. The van der Waals surface area contributed by atoms with Crippen molar-refractivity contribution in [3.63, 3.8) is 0 Å². The number of hydrogen-bond acceptors (Lipinski definition) is 2. The zero-order valence-corrected chi connectivity index (χ0v) is 18.9. The van der Waals surface area contributed by atoms with E-state index in [0.29, 0.717) is 23.2 Å². The van der Waals surface area contributed by atoms with E-state index in [9.17, 15) is 4.79 Å². The fourth-order valence-electron chi connectivity index (χ4n) is 8.47. The maximum Gasteiger partial charge on any atom is 0.305 e. The molecule has 4 rings (SSSR count). The first-order valence-corrected chi connectivity index (χ1v) is 12.1. The van der Waals surface area contributed by atoms with Crippen LogP contribution in [0, 0.1) is 46.3 Å². The van der Waals surface area contributed by atoms with Gasteiger partial charge >= 0.3 is 5.97 Å². The van der Waals surface area contributed by atoms with Crippen molar-refractivity contribution in [2.24, 2.45) is 46.3 Å². The normalized spacial score (nSPS) is 46.0. The molecule has 4 aliphatic carbocycles. The molecule has 0 radical (unpaired) electrons. The van der Waals surface area contributed by atoms with Crippen LogP contribution in [0.1, 0.15) is 91.9 Å². The van der Waals surface area contributed by atoms with Crippen molar-refractivity contribution in [2.45, 2.75) is 91.9 Å². The van der Waals surface area contributed by atoms with E-state index >= 15 is 0 Å². The predicted octanol–water partition coefficient (Wildman–Crippen LogP) is 6.79. The quantitative estimate of drug-likeness (QED) is 0.393. The zero-order chi connectivity index (χ0) is 20.1. The van der Waals surface area contributed by atoms with Crippen LogP contribution in [0.25, 0.3) is 0 Å². The monoisotopic (exact) mass is 386 g/mol. The molecule has 0 aromatic heterocycles. The Hall–Kier alpha value is -0.790. The number of methoxy groups -OCH3 is 1. The van der Waals surface area contributed by atoms with Crippen molar-refractivity contribution >= 4 is 5.97 Å². The number of hydrogen-bond donors (Lipinski definition) is 0. The minimum absolute atomic E-state index is 0.0420. The molecule has 0 aromatic rings. The summed E-state index contributed by atoms with van der Waals surface area (Å²) >= 11 is 0. The summed E-state index contributed by atoms with van der Waals surface area (Å²) in [5.74, 6) is 4.97. The maximum absolute atomic E-state index is 11.6. The second-order valence-electron chi connectivity index (χ2n) is 11.4. The number of fused-ring (bicyclic) bond motifs is 5. The van der Waals surface area contributed by atoms with Gasteiger partial charge in [-0.2, -0.15) is 0 Å². The molecule has 0 amide bonds. The van der Waals surface area contributed by atoms with Crippen LogP contribution in [0.2, 0.25) is 0 Å². The highest BCUT2D eigenvalue weighted by molar-refractivity contribution is 5.69. The number of carbonyl (C=O) groups is 1. The highest BCUT2D eigenvalue weighted by Gasteiger charge is 2.58. The van der Waals surface area contributed by atoms with E-state index in [2.05, 4.69) is 33.8 Å². The summed E-state index contributed by atoms with van der Waals surface area (Å²) in [6.07, 6.45) is 15.4. The second kappa shape index (κ2) is 7.47. The van der Waals surface area contributed by atoms with E-state index in [1.165, 1.54) is 58.5 Å². The van der Waals surface area contributed by atoms with Gasteiger partial charge in [-0.25, -0.2) is 0 Å². The Bertz CT molecular complexity index is 636. The van der Waals surface area contributed by atoms with Crippen LogP contribution in [-0.2, 0) is 9.53 Å². The third-order valence-electron chi connectivity index (χ3n) is 10.1. The summed E-state index contributed by atoms with van der Waals surface area (Å²) in [6, 6.07) is 0. The predicted molar refractivity (Wildman–Crippen MR) is 115 cm³/mol. The van der Waals surface area contributed by atoms with E-state index in [-0.39, 0.29) is 5.97 Å². The van der Waals surface area contributed by atoms with Gasteiger partial charge in [0.1, 0.15) is 0 Å². The highest BCUT2D eigenvalue weighted by Crippen LogP contribution is 2.67. The summed E-state index contributed by atoms with van der Waals surface area (Å²) in [4.78, 5) is 11.6. The van der Waals surface area contributed by atoms with Crippen LogP contribution < -0.4 is 0 Å². The van der Waals surface area contributed by atoms with Gasteiger partial charge in [-0.05, 0) is 104 Å². The van der Waals surface area contributed by atoms with Crippen molar-refractivity contribution < 1.29 is 9.53 Å². The smallest absolute Gasteiger partial charge is 0.305 e. The number of allylic oxidation sites excluding steroid dienone is 2. The summed E-state index contributed by atoms with van der Waals surface area (Å²) in [6.45, 7) is 10.1. The van der Waals surface area contributed by atoms with Gasteiger partial charge in [-0.3, -0.25) is 4.79 Å². The van der Waals surface area contributed by atoms with E-state index in [1.807, 2.05) is 5.57 Å². The molecule has 158 valence electrons. The molecular formula is C26H42O2. The van der Waals surface area contributed by atoms with Crippen molar-refractivity contribution in [1.82, 2.24) is 0 Å². The molecule has 0 N–H and O–H groups in total. The highest BCUT2D eigenvalue weighted by atomic mass is 16.5. The zero-order valence-electron chi connectivity index (χ0n) is 18.9. The average molecular weight is 387 g/mol. The lowest BCUT2D eigenvalue weighted by Gasteiger charge is -2.58. The van der Waals surface area contributed by atoms with E-state index in [1.54, 1.807) is 0 Å². The Kier molecular flexibility index (Phi) is 5.47. The maximum atomic E-state index is 11.6. The molecule has 8 atom stereocenters. The third kappa shape index (κ3) is 3.18. The van der Waals surface area contributed by atoms with Gasteiger partial charge < -0.3 is 4.74 Å². The first-order chi connectivity index (χ1) is 13.3. The van der Waals surface area contributed by atoms with Gasteiger partial charge in [0.2, 0.25) is 0 Å². The molecule has 0 heterocycles. The first-order valence-electron chi connectivity index (χ1n) is 12.1. The van der Waals surface area contributed by atoms with Crippen LogP contribution in [0.3, 0.4) is 0 Å². The van der Waals surface area contributed by atoms with Crippen LogP contribution in [0.5, 0.6) is 0 Å². The molecule has 2 heteroatoms. The summed E-state index contributed by atoms with van der Waals surface area (Å²) in [7, 11) is 1.51. The van der Waals surface area contributed by atoms with Crippen molar-refractivity contribution in [3.8, 4) is 0 Å². The van der Waals surface area contributed by atoms with Gasteiger partial charge in [0, 0.05) is 6.42 Å². The molecule has 2 nitrogen and oxygen atoms in total. The Labute approximate surface area is 172 Å². The molecule has 0 aromatic carbocycles. The lowest BCUT2D eigenvalue weighted by atomic mass is 9.46. The van der Waals surface area contributed by atoms with Gasteiger partial charge in [0.25, 0.3) is 0 Å². The molecule has 3 fully saturated rings. The number of esters is 1. The number of rotatable bonds is 4. The second-order valence-corrected chi connectivity index (χ2v) is 11.4. The van der Waals surface area contributed by atoms with Gasteiger partial charge in [0.05, 0.1) is 7.11 Å². The fourth-order valence-corrected chi connectivity index (χ4v) is 8.47. The minimum Gasteiger partial charge on any atom is -0.469 e. The van der Waals surface area contributed by atoms with Crippen molar-refractivity contribution in [1.29, 1.82) is 0 Å². The largest absolute Gasteiger partial charge is 0.469 e. The van der Waals surface area contributed by atoms with Crippen LogP contribution in [-0.4, -0.2) is 13.1 Å². The molecule has 3 unspecified atom stereocenters. The summed E-state index contributed by atoms with van der Waals surface area (Å²) < 4.78 is 4.89. The van der Waals surface area contributed by atoms with Crippen LogP contribution >= 0.6 is 0 Å². The molecular weight excluding hydrogens is 344 g/mol. The fraction of sp³-hybridized carbons (Fsp3) is 0.885. The van der Waals surface area contributed by atoms with E-state index < -0.39 is 0 Å². The molecule has 0 saturated heterocycles. The minimum atomic E-state index is -0.0420. The standard InChI is InChI=1S/C26H42O2/c1-17-12-14-25(3)19(16-17)7-8-20-22-10-9-21(18(2)6-11-24(27)28-5)26(22,4)15-13-23(20)25/h7,17-18,20-23H,6,8-16H2,1-5H3/t17-,18+,20?,21+,22?,23?,25-,26+/m0/s1. The average Bonchev–Trinajstić information content (AvgIpc) is 3.03. The van der Waals surface area contributed by atoms with E-state index in [0.717, 1.165) is 36.0 Å². The van der Waals surface area contributed by atoms with Crippen LogP contribution in [0.15, 0.2) is 11.6 Å². The molecule has 4 aliphatic rings. The molecule has 0 aliphatic heterocycles. The van der Waals surface area contributed by atoms with E-state index in [4.69, 9.17) is 4.74 Å². The first kappa shape index (κ1) is 20.5. The lowest BCUT2D eigenvalue weighted by molar-refractivity contribution is -0.141. The molecule has 0 bridgehead atoms. The SMILES string of the molecule is COC(=O)CC[C@@H](C)[C@H]1CCC2C3CC=C4C[C@@H](C)CC[C@]4(C)C3CC[C@@]21C. The van der Waals surface area contributed by atoms with Gasteiger partial charge in [-0.1, -0.05) is 39.3 Å². The van der Waals surface area contributed by atoms with Gasteiger partial charge in [-0.15, -0.1) is 0 Å². The van der Waals surface area contributed by atoms with Crippen molar-refractivity contribution in [2.75, 3.05) is 7.11 Å². The lowest BCUT2D eigenvalue weighted by Crippen LogP contribution is -2.50. The Morgan fingerprint density at radius 3 is 2.71 bits per heavy atom.